The summed E-state index contributed by atoms with van der Waals surface area (Å²) in [5.41, 5.74) is 0.709. The monoisotopic (exact) mass is 308 g/mol. The van der Waals surface area contributed by atoms with Crippen LogP contribution >= 0.6 is 11.6 Å². The molecule has 1 atom stereocenters. The molecule has 114 valence electrons. The van der Waals surface area contributed by atoms with Gasteiger partial charge in [0.2, 0.25) is 11.8 Å². The first-order valence-corrected chi connectivity index (χ1v) is 7.48. The molecule has 0 aliphatic carbocycles. The Labute approximate surface area is 130 Å². The molecule has 1 aliphatic heterocycles. The van der Waals surface area contributed by atoms with E-state index in [4.69, 9.17) is 11.6 Å². The van der Waals surface area contributed by atoms with Crippen LogP contribution in [0.25, 0.3) is 0 Å². The first-order valence-electron chi connectivity index (χ1n) is 7.10. The molecule has 1 heterocycles. The average Bonchev–Trinajstić information content (AvgIpc) is 2.73. The SMILES string of the molecule is CC(C)(C)N1CC(NC(=O)Cc2ccc(Cl)cc2)CC1=O. The minimum Gasteiger partial charge on any atom is -0.351 e. The van der Waals surface area contributed by atoms with E-state index in [1.54, 1.807) is 12.1 Å². The Morgan fingerprint density at radius 1 is 1.33 bits per heavy atom. The van der Waals surface area contributed by atoms with E-state index in [2.05, 4.69) is 5.32 Å². The summed E-state index contributed by atoms with van der Waals surface area (Å²) in [5, 5.41) is 3.59. The Morgan fingerprint density at radius 2 is 1.95 bits per heavy atom. The van der Waals surface area contributed by atoms with Gasteiger partial charge >= 0.3 is 0 Å². The Kier molecular flexibility index (Phi) is 4.57. The number of hydrogen-bond donors (Lipinski definition) is 1. The lowest BCUT2D eigenvalue weighted by molar-refractivity contribution is -0.131. The second kappa shape index (κ2) is 6.06. The highest BCUT2D eigenvalue weighted by atomic mass is 35.5. The normalized spacial score (nSPS) is 19.0. The van der Waals surface area contributed by atoms with Crippen LogP contribution in [0.3, 0.4) is 0 Å². The van der Waals surface area contributed by atoms with E-state index >= 15 is 0 Å². The second-order valence-corrected chi connectivity index (χ2v) is 6.88. The van der Waals surface area contributed by atoms with E-state index in [1.165, 1.54) is 0 Å². The van der Waals surface area contributed by atoms with Gasteiger partial charge in [0.15, 0.2) is 0 Å². The summed E-state index contributed by atoms with van der Waals surface area (Å²) in [4.78, 5) is 25.8. The van der Waals surface area contributed by atoms with Gasteiger partial charge in [0.1, 0.15) is 0 Å². The molecule has 1 aromatic carbocycles. The molecule has 21 heavy (non-hydrogen) atoms. The zero-order valence-electron chi connectivity index (χ0n) is 12.6. The van der Waals surface area contributed by atoms with Crippen LogP contribution < -0.4 is 5.32 Å². The van der Waals surface area contributed by atoms with Crippen molar-refractivity contribution in [2.24, 2.45) is 0 Å². The van der Waals surface area contributed by atoms with E-state index in [0.29, 0.717) is 24.4 Å². The Hall–Kier alpha value is -1.55. The molecule has 2 amide bonds. The van der Waals surface area contributed by atoms with Gasteiger partial charge in [-0.3, -0.25) is 9.59 Å². The van der Waals surface area contributed by atoms with Crippen molar-refractivity contribution in [3.8, 4) is 0 Å². The lowest BCUT2D eigenvalue weighted by Crippen LogP contribution is -2.44. The lowest BCUT2D eigenvalue weighted by Gasteiger charge is -2.32. The number of rotatable bonds is 3. The molecule has 0 spiro atoms. The molecule has 0 bridgehead atoms. The summed E-state index contributed by atoms with van der Waals surface area (Å²) >= 11 is 5.82. The van der Waals surface area contributed by atoms with Crippen molar-refractivity contribution >= 4 is 23.4 Å². The minimum absolute atomic E-state index is 0.0640. The van der Waals surface area contributed by atoms with Crippen LogP contribution in [0.5, 0.6) is 0 Å². The number of carbonyl (C=O) groups is 2. The maximum absolute atomic E-state index is 12.0. The Balaban J connectivity index is 1.89. The van der Waals surface area contributed by atoms with Crippen molar-refractivity contribution in [1.29, 1.82) is 0 Å². The number of benzene rings is 1. The zero-order valence-corrected chi connectivity index (χ0v) is 13.4. The van der Waals surface area contributed by atoms with Crippen molar-refractivity contribution in [3.05, 3.63) is 34.9 Å². The molecule has 1 aromatic rings. The fourth-order valence-electron chi connectivity index (χ4n) is 2.52. The summed E-state index contributed by atoms with van der Waals surface area (Å²) in [7, 11) is 0. The molecule has 0 saturated carbocycles. The van der Waals surface area contributed by atoms with E-state index in [0.717, 1.165) is 5.56 Å². The van der Waals surface area contributed by atoms with E-state index in [-0.39, 0.29) is 23.4 Å². The third kappa shape index (κ3) is 4.21. The zero-order chi connectivity index (χ0) is 15.6. The number of halogens is 1. The van der Waals surface area contributed by atoms with Crippen LogP contribution in [0, 0.1) is 0 Å². The maximum atomic E-state index is 12.0. The molecule has 1 aliphatic rings. The molecular weight excluding hydrogens is 288 g/mol. The number of carbonyl (C=O) groups excluding carboxylic acids is 2. The largest absolute Gasteiger partial charge is 0.351 e. The van der Waals surface area contributed by atoms with Gasteiger partial charge in [-0.05, 0) is 38.5 Å². The van der Waals surface area contributed by atoms with Gasteiger partial charge in [-0.1, -0.05) is 23.7 Å². The summed E-state index contributed by atoms with van der Waals surface area (Å²) in [6.45, 7) is 6.59. The Morgan fingerprint density at radius 3 is 2.48 bits per heavy atom. The van der Waals surface area contributed by atoms with Crippen molar-refractivity contribution < 1.29 is 9.59 Å². The molecule has 0 radical (unpaired) electrons. The highest BCUT2D eigenvalue weighted by molar-refractivity contribution is 6.30. The maximum Gasteiger partial charge on any atom is 0.225 e. The van der Waals surface area contributed by atoms with Crippen LogP contribution in [0.15, 0.2) is 24.3 Å². The van der Waals surface area contributed by atoms with Crippen LogP contribution in [0.2, 0.25) is 5.02 Å². The van der Waals surface area contributed by atoms with Crippen LogP contribution in [-0.2, 0) is 16.0 Å². The van der Waals surface area contributed by atoms with Gasteiger partial charge < -0.3 is 10.2 Å². The lowest BCUT2D eigenvalue weighted by atomic mass is 10.1. The van der Waals surface area contributed by atoms with Gasteiger partial charge in [-0.2, -0.15) is 0 Å². The molecular formula is C16H21ClN2O2. The molecule has 2 rings (SSSR count). The van der Waals surface area contributed by atoms with Crippen LogP contribution in [0.4, 0.5) is 0 Å². The number of hydrogen-bond acceptors (Lipinski definition) is 2. The molecule has 1 N–H and O–H groups in total. The third-order valence-corrected chi connectivity index (χ3v) is 3.83. The number of amides is 2. The number of nitrogens with zero attached hydrogens (tertiary/aromatic N) is 1. The fraction of sp³-hybridized carbons (Fsp3) is 0.500. The number of likely N-dealkylation sites (tertiary alicyclic amines) is 1. The summed E-state index contributed by atoms with van der Waals surface area (Å²) in [6.07, 6.45) is 0.682. The average molecular weight is 309 g/mol. The van der Waals surface area contributed by atoms with Crippen molar-refractivity contribution in [2.45, 2.75) is 45.2 Å². The van der Waals surface area contributed by atoms with Crippen LogP contribution in [-0.4, -0.2) is 34.8 Å². The van der Waals surface area contributed by atoms with Crippen molar-refractivity contribution in [3.63, 3.8) is 0 Å². The van der Waals surface area contributed by atoms with E-state index in [1.807, 2.05) is 37.8 Å². The van der Waals surface area contributed by atoms with E-state index in [9.17, 15) is 9.59 Å². The predicted octanol–water partition coefficient (Wildman–Crippen LogP) is 2.40. The van der Waals surface area contributed by atoms with Gasteiger partial charge in [0.25, 0.3) is 0 Å². The Bertz CT molecular complexity index is 534. The number of nitrogens with one attached hydrogen (secondary N) is 1. The van der Waals surface area contributed by atoms with Gasteiger partial charge in [0.05, 0.1) is 12.5 Å². The predicted molar refractivity (Wildman–Crippen MR) is 83.2 cm³/mol. The minimum atomic E-state index is -0.202. The van der Waals surface area contributed by atoms with Crippen molar-refractivity contribution in [2.75, 3.05) is 6.54 Å². The molecule has 4 nitrogen and oxygen atoms in total. The highest BCUT2D eigenvalue weighted by Crippen LogP contribution is 2.22. The van der Waals surface area contributed by atoms with Crippen molar-refractivity contribution in [1.82, 2.24) is 10.2 Å². The van der Waals surface area contributed by atoms with Gasteiger partial charge in [-0.25, -0.2) is 0 Å². The fourth-order valence-corrected chi connectivity index (χ4v) is 2.64. The molecule has 0 aromatic heterocycles. The molecule has 1 unspecified atom stereocenters. The van der Waals surface area contributed by atoms with Gasteiger partial charge in [-0.15, -0.1) is 0 Å². The summed E-state index contributed by atoms with van der Waals surface area (Å²) < 4.78 is 0. The van der Waals surface area contributed by atoms with E-state index < -0.39 is 0 Å². The topological polar surface area (TPSA) is 49.4 Å². The smallest absolute Gasteiger partial charge is 0.225 e. The summed E-state index contributed by atoms with van der Waals surface area (Å²) in [6, 6.07) is 7.11. The van der Waals surface area contributed by atoms with Gasteiger partial charge in [0, 0.05) is 23.5 Å². The second-order valence-electron chi connectivity index (χ2n) is 6.45. The molecule has 1 saturated heterocycles. The first-order chi connectivity index (χ1) is 9.75. The molecule has 1 fully saturated rings. The van der Waals surface area contributed by atoms with Crippen LogP contribution in [0.1, 0.15) is 32.8 Å². The quantitative estimate of drug-likeness (QED) is 0.932. The first kappa shape index (κ1) is 15.8. The highest BCUT2D eigenvalue weighted by Gasteiger charge is 2.36. The third-order valence-electron chi connectivity index (χ3n) is 3.58. The standard InChI is InChI=1S/C16H21ClN2O2/c1-16(2,3)19-10-13(9-15(19)21)18-14(20)8-11-4-6-12(17)7-5-11/h4-7,13H,8-10H2,1-3H3,(H,18,20). The molecule has 5 heteroatoms. The summed E-state index contributed by atoms with van der Waals surface area (Å²) in [5.74, 6) is 0.0326.